The van der Waals surface area contributed by atoms with E-state index in [9.17, 15) is 9.59 Å². The quantitative estimate of drug-likeness (QED) is 0.673. The second kappa shape index (κ2) is 7.75. The van der Waals surface area contributed by atoms with Gasteiger partial charge in [0.15, 0.2) is 5.78 Å². The van der Waals surface area contributed by atoms with Crippen molar-refractivity contribution in [3.8, 4) is 0 Å². The first-order valence-corrected chi connectivity index (χ1v) is 9.42. The normalized spacial score (nSPS) is 20.6. The summed E-state index contributed by atoms with van der Waals surface area (Å²) >= 11 is 0. The van der Waals surface area contributed by atoms with E-state index in [0.29, 0.717) is 23.8 Å². The third kappa shape index (κ3) is 3.92. The molecule has 0 amide bonds. The maximum absolute atomic E-state index is 12.2. The largest absolute Gasteiger partial charge is 0.462 e. The van der Waals surface area contributed by atoms with Crippen molar-refractivity contribution in [2.75, 3.05) is 6.61 Å². The second-order valence-electron chi connectivity index (χ2n) is 7.14. The van der Waals surface area contributed by atoms with Crippen LogP contribution >= 0.6 is 0 Å². The van der Waals surface area contributed by atoms with Gasteiger partial charge in [0, 0.05) is 23.8 Å². The summed E-state index contributed by atoms with van der Waals surface area (Å²) in [7, 11) is 0. The molecule has 0 fully saturated rings. The van der Waals surface area contributed by atoms with Gasteiger partial charge >= 0.3 is 5.97 Å². The lowest BCUT2D eigenvalue weighted by Gasteiger charge is -2.25. The van der Waals surface area contributed by atoms with Crippen LogP contribution in [0.15, 0.2) is 84.0 Å². The van der Waals surface area contributed by atoms with Crippen molar-refractivity contribution in [2.24, 2.45) is 0 Å². The molecule has 0 saturated carbocycles. The molecule has 2 aromatic carbocycles. The molecule has 2 aliphatic carbocycles. The number of benzene rings is 2. The van der Waals surface area contributed by atoms with E-state index in [-0.39, 0.29) is 24.8 Å². The third-order valence-electron chi connectivity index (χ3n) is 5.32. The van der Waals surface area contributed by atoms with Gasteiger partial charge in [-0.15, -0.1) is 0 Å². The number of hydrogen-bond donors (Lipinski definition) is 0. The second-order valence-corrected chi connectivity index (χ2v) is 7.14. The Labute approximate surface area is 159 Å². The maximum Gasteiger partial charge on any atom is 0.333 e. The molecule has 0 saturated heterocycles. The standard InChI is InChI=1S/C24H22O3/c25-23(21-13-19(14-21)17-7-3-1-4-8-17)11-12-27-24(26)22-15-20(16-22)18-9-5-2-6-10-18/h1-10,13,15,19-20H,11-12,14,16H2. The van der Waals surface area contributed by atoms with Gasteiger partial charge in [0.05, 0.1) is 6.61 Å². The van der Waals surface area contributed by atoms with Crippen molar-refractivity contribution >= 4 is 11.8 Å². The van der Waals surface area contributed by atoms with Gasteiger partial charge in [-0.2, -0.15) is 0 Å². The molecule has 0 aromatic heterocycles. The van der Waals surface area contributed by atoms with Crippen LogP contribution in [0, 0.1) is 0 Å². The highest BCUT2D eigenvalue weighted by atomic mass is 16.5. The van der Waals surface area contributed by atoms with Gasteiger partial charge in [-0.3, -0.25) is 4.79 Å². The smallest absolute Gasteiger partial charge is 0.333 e. The van der Waals surface area contributed by atoms with Crippen molar-refractivity contribution in [1.29, 1.82) is 0 Å². The van der Waals surface area contributed by atoms with E-state index in [1.165, 1.54) is 11.1 Å². The van der Waals surface area contributed by atoms with Crippen molar-refractivity contribution in [3.63, 3.8) is 0 Å². The molecule has 4 rings (SSSR count). The van der Waals surface area contributed by atoms with Crippen LogP contribution in [0.5, 0.6) is 0 Å². The Kier molecular flexibility index (Phi) is 5.01. The highest BCUT2D eigenvalue weighted by molar-refractivity contribution is 5.97. The average Bonchev–Trinajstić information content (AvgIpc) is 2.61. The van der Waals surface area contributed by atoms with Crippen LogP contribution < -0.4 is 0 Å². The van der Waals surface area contributed by atoms with Crippen LogP contribution in [-0.2, 0) is 14.3 Å². The maximum atomic E-state index is 12.2. The Morgan fingerprint density at radius 3 is 1.78 bits per heavy atom. The first-order valence-electron chi connectivity index (χ1n) is 9.42. The number of carbonyl (C=O) groups excluding carboxylic acids is 2. The van der Waals surface area contributed by atoms with E-state index >= 15 is 0 Å². The van der Waals surface area contributed by atoms with Crippen molar-refractivity contribution in [1.82, 2.24) is 0 Å². The lowest BCUT2D eigenvalue weighted by molar-refractivity contribution is -0.140. The average molecular weight is 358 g/mol. The topological polar surface area (TPSA) is 43.4 Å². The molecule has 2 aromatic rings. The fraction of sp³-hybridized carbons (Fsp3) is 0.250. The van der Waals surface area contributed by atoms with Crippen LogP contribution in [0.25, 0.3) is 0 Å². The summed E-state index contributed by atoms with van der Waals surface area (Å²) in [5.74, 6) is 0.424. The van der Waals surface area contributed by atoms with Gasteiger partial charge in [-0.25, -0.2) is 4.79 Å². The van der Waals surface area contributed by atoms with E-state index in [0.717, 1.165) is 12.0 Å². The van der Waals surface area contributed by atoms with Crippen LogP contribution in [0.4, 0.5) is 0 Å². The molecule has 27 heavy (non-hydrogen) atoms. The molecule has 0 N–H and O–H groups in total. The number of rotatable bonds is 7. The van der Waals surface area contributed by atoms with E-state index < -0.39 is 0 Å². The Morgan fingerprint density at radius 1 is 0.778 bits per heavy atom. The van der Waals surface area contributed by atoms with Crippen molar-refractivity contribution in [2.45, 2.75) is 31.1 Å². The SMILES string of the molecule is O=C(CCOC(=O)C1=CC(c2ccccc2)C1)C1=CC(c2ccccc2)C1. The van der Waals surface area contributed by atoms with Crippen molar-refractivity contribution < 1.29 is 14.3 Å². The zero-order valence-electron chi connectivity index (χ0n) is 15.1. The summed E-state index contributed by atoms with van der Waals surface area (Å²) < 4.78 is 5.28. The number of ketones is 1. The van der Waals surface area contributed by atoms with E-state index in [1.807, 2.05) is 48.6 Å². The number of allylic oxidation sites excluding steroid dienone is 3. The van der Waals surface area contributed by atoms with E-state index in [1.54, 1.807) is 0 Å². The Bertz CT molecular complexity index is 818. The highest BCUT2D eigenvalue weighted by Crippen LogP contribution is 2.36. The Balaban J connectivity index is 1.21. The van der Waals surface area contributed by atoms with Crippen LogP contribution in [-0.4, -0.2) is 18.4 Å². The predicted molar refractivity (Wildman–Crippen MR) is 104 cm³/mol. The molecule has 0 spiro atoms. The third-order valence-corrected chi connectivity index (χ3v) is 5.32. The molecular formula is C24H22O3. The molecule has 136 valence electrons. The number of ether oxygens (including phenoxy) is 1. The number of Topliss-reactive ketones (excluding diaryl/α,β-unsaturated/α-hetero) is 1. The molecule has 0 aliphatic heterocycles. The summed E-state index contributed by atoms with van der Waals surface area (Å²) in [6.45, 7) is 0.151. The zero-order valence-corrected chi connectivity index (χ0v) is 15.1. The summed E-state index contributed by atoms with van der Waals surface area (Å²) in [6, 6.07) is 20.3. The molecule has 2 unspecified atom stereocenters. The Hall–Kier alpha value is -2.94. The molecule has 3 heteroatoms. The van der Waals surface area contributed by atoms with E-state index in [4.69, 9.17) is 4.74 Å². The molecule has 2 aliphatic rings. The fourth-order valence-electron chi connectivity index (χ4n) is 3.57. The lowest BCUT2D eigenvalue weighted by atomic mass is 9.79. The zero-order chi connectivity index (χ0) is 18.6. The summed E-state index contributed by atoms with van der Waals surface area (Å²) in [6.07, 6.45) is 5.73. The van der Waals surface area contributed by atoms with Gasteiger partial charge in [-0.1, -0.05) is 72.8 Å². The van der Waals surface area contributed by atoms with E-state index in [2.05, 4.69) is 24.3 Å². The minimum Gasteiger partial charge on any atom is -0.462 e. The van der Waals surface area contributed by atoms with Crippen molar-refractivity contribution in [3.05, 3.63) is 95.1 Å². The minimum absolute atomic E-state index is 0.0831. The number of carbonyl (C=O) groups is 2. The summed E-state index contributed by atoms with van der Waals surface area (Å²) in [5, 5.41) is 0. The minimum atomic E-state index is -0.292. The molecule has 0 bridgehead atoms. The highest BCUT2D eigenvalue weighted by Gasteiger charge is 2.28. The van der Waals surface area contributed by atoms with Crippen LogP contribution in [0.2, 0.25) is 0 Å². The predicted octanol–water partition coefficient (Wildman–Crippen LogP) is 4.72. The van der Waals surface area contributed by atoms with Crippen LogP contribution in [0.1, 0.15) is 42.2 Å². The van der Waals surface area contributed by atoms with Gasteiger partial charge < -0.3 is 4.74 Å². The summed E-state index contributed by atoms with van der Waals surface area (Å²) in [4.78, 5) is 24.3. The first-order chi connectivity index (χ1) is 13.2. The Morgan fingerprint density at radius 2 is 1.26 bits per heavy atom. The molecule has 0 heterocycles. The van der Waals surface area contributed by atoms with Gasteiger partial charge in [-0.05, 0) is 29.5 Å². The molecule has 3 nitrogen and oxygen atoms in total. The first kappa shape index (κ1) is 17.5. The molecular weight excluding hydrogens is 336 g/mol. The van der Waals surface area contributed by atoms with Gasteiger partial charge in [0.25, 0.3) is 0 Å². The van der Waals surface area contributed by atoms with Gasteiger partial charge in [0.2, 0.25) is 0 Å². The fourth-order valence-corrected chi connectivity index (χ4v) is 3.57. The molecule has 0 radical (unpaired) electrons. The lowest BCUT2D eigenvalue weighted by Crippen LogP contribution is -2.21. The number of esters is 1. The van der Waals surface area contributed by atoms with Gasteiger partial charge in [0.1, 0.15) is 0 Å². The monoisotopic (exact) mass is 358 g/mol. The molecule has 2 atom stereocenters. The summed E-state index contributed by atoms with van der Waals surface area (Å²) in [5.41, 5.74) is 4.02. The van der Waals surface area contributed by atoms with Crippen LogP contribution in [0.3, 0.4) is 0 Å². The number of hydrogen-bond acceptors (Lipinski definition) is 3.